The number of aryl methyl sites for hydroxylation is 2. The second-order valence-electron chi connectivity index (χ2n) is 6.94. The summed E-state index contributed by atoms with van der Waals surface area (Å²) in [5, 5.41) is 16.9. The molecule has 1 heterocycles. The molecule has 3 N–H and O–H groups in total. The van der Waals surface area contributed by atoms with Gasteiger partial charge in [-0.05, 0) is 61.5 Å². The van der Waals surface area contributed by atoms with Crippen LogP contribution in [-0.4, -0.2) is 23.5 Å². The number of fused-ring (bicyclic) bond motifs is 1. The van der Waals surface area contributed by atoms with Gasteiger partial charge in [-0.3, -0.25) is 9.59 Å². The van der Waals surface area contributed by atoms with Crippen LogP contribution in [0.3, 0.4) is 0 Å². The van der Waals surface area contributed by atoms with Gasteiger partial charge in [-0.2, -0.15) is 0 Å². The summed E-state index contributed by atoms with van der Waals surface area (Å²) in [7, 11) is 0. The molecule has 6 heteroatoms. The molecule has 0 aliphatic carbocycles. The lowest BCUT2D eigenvalue weighted by Crippen LogP contribution is -2.43. The summed E-state index contributed by atoms with van der Waals surface area (Å²) in [5.41, 5.74) is 1.31. The summed E-state index contributed by atoms with van der Waals surface area (Å²) in [5.74, 6) is -1.54. The van der Waals surface area contributed by atoms with E-state index in [9.17, 15) is 14.7 Å². The molecule has 1 atom stereocenters. The predicted molar refractivity (Wildman–Crippen MR) is 109 cm³/mol. The standard InChI is InChI=1S/C21H22N2O3S/c1-13-8-14(2)10-16(9-13)23-20(25)19(24)22-12-21(3,26)18-11-15-6-4-5-7-17(15)27-18/h4-11,26H,12H2,1-3H3,(H,22,24)(H,23,25). The van der Waals surface area contributed by atoms with E-state index in [0.29, 0.717) is 5.69 Å². The molecule has 0 aliphatic heterocycles. The van der Waals surface area contributed by atoms with Crippen LogP contribution < -0.4 is 10.6 Å². The van der Waals surface area contributed by atoms with Crippen molar-refractivity contribution in [3.05, 3.63) is 64.5 Å². The Bertz CT molecular complexity index is 954. The lowest BCUT2D eigenvalue weighted by molar-refractivity contribution is -0.136. The minimum atomic E-state index is -1.26. The molecule has 2 amide bonds. The summed E-state index contributed by atoms with van der Waals surface area (Å²) in [6, 6.07) is 15.3. The summed E-state index contributed by atoms with van der Waals surface area (Å²) in [6.45, 7) is 5.41. The minimum Gasteiger partial charge on any atom is -0.383 e. The van der Waals surface area contributed by atoms with Gasteiger partial charge in [0.05, 0.1) is 6.54 Å². The van der Waals surface area contributed by atoms with Crippen molar-refractivity contribution in [1.29, 1.82) is 0 Å². The molecule has 0 saturated heterocycles. The van der Waals surface area contributed by atoms with Gasteiger partial charge >= 0.3 is 11.8 Å². The number of thiophene rings is 1. The fourth-order valence-electron chi connectivity index (χ4n) is 2.90. The van der Waals surface area contributed by atoms with Gasteiger partial charge in [0.25, 0.3) is 0 Å². The molecule has 0 saturated carbocycles. The third-order valence-corrected chi connectivity index (χ3v) is 5.60. The molecule has 0 fully saturated rings. The average molecular weight is 382 g/mol. The van der Waals surface area contributed by atoms with Crippen LogP contribution in [0.25, 0.3) is 10.1 Å². The molecular formula is C21H22N2O3S. The third kappa shape index (κ3) is 4.53. The zero-order valence-electron chi connectivity index (χ0n) is 15.5. The van der Waals surface area contributed by atoms with E-state index in [1.807, 2.05) is 50.2 Å². The number of carbonyl (C=O) groups excluding carboxylic acids is 2. The van der Waals surface area contributed by atoms with Crippen molar-refractivity contribution >= 4 is 38.9 Å². The molecule has 0 radical (unpaired) electrons. The number of hydrogen-bond acceptors (Lipinski definition) is 4. The monoisotopic (exact) mass is 382 g/mol. The minimum absolute atomic E-state index is 0.0566. The van der Waals surface area contributed by atoms with Gasteiger partial charge in [-0.15, -0.1) is 11.3 Å². The van der Waals surface area contributed by atoms with Gasteiger partial charge < -0.3 is 15.7 Å². The fourth-order valence-corrected chi connectivity index (χ4v) is 4.01. The number of nitrogens with one attached hydrogen (secondary N) is 2. The first kappa shape index (κ1) is 19.1. The zero-order chi connectivity index (χ0) is 19.6. The third-order valence-electron chi connectivity index (χ3n) is 4.24. The van der Waals surface area contributed by atoms with Crippen molar-refractivity contribution in [2.45, 2.75) is 26.4 Å². The van der Waals surface area contributed by atoms with Crippen LogP contribution in [0.2, 0.25) is 0 Å². The Morgan fingerprint density at radius 1 is 1.04 bits per heavy atom. The summed E-state index contributed by atoms with van der Waals surface area (Å²) >= 11 is 1.47. The summed E-state index contributed by atoms with van der Waals surface area (Å²) < 4.78 is 1.06. The number of anilines is 1. The van der Waals surface area contributed by atoms with Crippen molar-refractivity contribution in [3.63, 3.8) is 0 Å². The molecule has 27 heavy (non-hydrogen) atoms. The number of aliphatic hydroxyl groups is 1. The Hall–Kier alpha value is -2.70. The number of hydrogen-bond donors (Lipinski definition) is 3. The van der Waals surface area contributed by atoms with Crippen molar-refractivity contribution in [2.24, 2.45) is 0 Å². The zero-order valence-corrected chi connectivity index (χ0v) is 16.3. The van der Waals surface area contributed by atoms with E-state index >= 15 is 0 Å². The van der Waals surface area contributed by atoms with E-state index in [2.05, 4.69) is 10.6 Å². The Balaban J connectivity index is 1.63. The number of carbonyl (C=O) groups is 2. The number of rotatable bonds is 4. The smallest absolute Gasteiger partial charge is 0.313 e. The average Bonchev–Trinajstić information content (AvgIpc) is 3.04. The van der Waals surface area contributed by atoms with Crippen molar-refractivity contribution in [3.8, 4) is 0 Å². The number of benzene rings is 2. The second kappa shape index (κ2) is 7.50. The lowest BCUT2D eigenvalue weighted by Gasteiger charge is -2.22. The maximum atomic E-state index is 12.1. The quantitative estimate of drug-likeness (QED) is 0.605. The van der Waals surface area contributed by atoms with Gasteiger partial charge in [0.15, 0.2) is 0 Å². The maximum absolute atomic E-state index is 12.1. The SMILES string of the molecule is Cc1cc(C)cc(NC(=O)C(=O)NCC(C)(O)c2cc3ccccc3s2)c1. The van der Waals surface area contributed by atoms with E-state index in [0.717, 1.165) is 26.1 Å². The van der Waals surface area contributed by atoms with E-state index < -0.39 is 17.4 Å². The highest BCUT2D eigenvalue weighted by molar-refractivity contribution is 7.19. The van der Waals surface area contributed by atoms with E-state index in [1.165, 1.54) is 11.3 Å². The second-order valence-corrected chi connectivity index (χ2v) is 8.02. The highest BCUT2D eigenvalue weighted by Crippen LogP contribution is 2.32. The maximum Gasteiger partial charge on any atom is 0.313 e. The van der Waals surface area contributed by atoms with Gasteiger partial charge in [0.2, 0.25) is 0 Å². The molecule has 3 aromatic rings. The Kier molecular flexibility index (Phi) is 5.30. The van der Waals surface area contributed by atoms with Crippen LogP contribution in [0.1, 0.15) is 22.9 Å². The van der Waals surface area contributed by atoms with Gasteiger partial charge in [0.1, 0.15) is 5.60 Å². The van der Waals surface area contributed by atoms with E-state index in [1.54, 1.807) is 19.1 Å². The molecule has 3 rings (SSSR count). The first-order valence-electron chi connectivity index (χ1n) is 8.63. The van der Waals surface area contributed by atoms with Crippen LogP contribution in [0.15, 0.2) is 48.5 Å². The van der Waals surface area contributed by atoms with Gasteiger partial charge in [0, 0.05) is 15.3 Å². The topological polar surface area (TPSA) is 78.4 Å². The van der Waals surface area contributed by atoms with Crippen molar-refractivity contribution < 1.29 is 14.7 Å². The van der Waals surface area contributed by atoms with Crippen LogP contribution in [0, 0.1) is 13.8 Å². The van der Waals surface area contributed by atoms with E-state index in [-0.39, 0.29) is 6.54 Å². The van der Waals surface area contributed by atoms with E-state index in [4.69, 9.17) is 0 Å². The molecule has 0 spiro atoms. The molecule has 0 aliphatic rings. The molecule has 0 bridgehead atoms. The van der Waals surface area contributed by atoms with Crippen molar-refractivity contribution in [1.82, 2.24) is 5.32 Å². The lowest BCUT2D eigenvalue weighted by atomic mass is 10.0. The molecule has 140 valence electrons. The summed E-state index contributed by atoms with van der Waals surface area (Å²) in [4.78, 5) is 25.0. The Morgan fingerprint density at radius 3 is 2.37 bits per heavy atom. The highest BCUT2D eigenvalue weighted by atomic mass is 32.1. The van der Waals surface area contributed by atoms with Crippen LogP contribution in [-0.2, 0) is 15.2 Å². The molecule has 2 aromatic carbocycles. The first-order valence-corrected chi connectivity index (χ1v) is 9.45. The Morgan fingerprint density at radius 2 is 1.70 bits per heavy atom. The molecule has 5 nitrogen and oxygen atoms in total. The molecular weight excluding hydrogens is 360 g/mol. The van der Waals surface area contributed by atoms with Crippen LogP contribution >= 0.6 is 11.3 Å². The van der Waals surface area contributed by atoms with Crippen molar-refractivity contribution in [2.75, 3.05) is 11.9 Å². The largest absolute Gasteiger partial charge is 0.383 e. The predicted octanol–water partition coefficient (Wildman–Crippen LogP) is 3.48. The van der Waals surface area contributed by atoms with Gasteiger partial charge in [-0.1, -0.05) is 24.3 Å². The normalized spacial score (nSPS) is 13.2. The van der Waals surface area contributed by atoms with Gasteiger partial charge in [-0.25, -0.2) is 0 Å². The Labute approximate surface area is 162 Å². The molecule has 1 unspecified atom stereocenters. The van der Waals surface area contributed by atoms with Crippen LogP contribution in [0.5, 0.6) is 0 Å². The molecule has 1 aromatic heterocycles. The highest BCUT2D eigenvalue weighted by Gasteiger charge is 2.27. The fraction of sp³-hybridized carbons (Fsp3) is 0.238. The first-order chi connectivity index (χ1) is 12.7. The number of amides is 2. The van der Waals surface area contributed by atoms with Crippen LogP contribution in [0.4, 0.5) is 5.69 Å². The summed E-state index contributed by atoms with van der Waals surface area (Å²) in [6.07, 6.45) is 0.